The summed E-state index contributed by atoms with van der Waals surface area (Å²) >= 11 is 0. The molecule has 0 aliphatic carbocycles. The van der Waals surface area contributed by atoms with E-state index in [1.807, 2.05) is 32.0 Å². The van der Waals surface area contributed by atoms with Crippen LogP contribution in [0.1, 0.15) is 31.7 Å². The Morgan fingerprint density at radius 1 is 1.30 bits per heavy atom. The van der Waals surface area contributed by atoms with Crippen LogP contribution >= 0.6 is 0 Å². The molecule has 0 aliphatic rings. The second-order valence-electron chi connectivity index (χ2n) is 5.94. The van der Waals surface area contributed by atoms with E-state index in [2.05, 4.69) is 23.0 Å². The van der Waals surface area contributed by atoms with Crippen molar-refractivity contribution >= 4 is 0 Å². The quantitative estimate of drug-likeness (QED) is 0.886. The molecule has 2 aromatic rings. The lowest BCUT2D eigenvalue weighted by molar-refractivity contribution is 0.246. The van der Waals surface area contributed by atoms with Gasteiger partial charge in [-0.25, -0.2) is 9.97 Å². The van der Waals surface area contributed by atoms with Crippen LogP contribution in [-0.4, -0.2) is 22.6 Å². The highest BCUT2D eigenvalue weighted by atomic mass is 16.5. The first-order chi connectivity index (χ1) is 11.0. The number of hydrogen-bond acceptors (Lipinski definition) is 5. The van der Waals surface area contributed by atoms with Crippen LogP contribution in [-0.2, 0) is 0 Å². The molecule has 2 unspecified atom stereocenters. The molecule has 0 spiro atoms. The summed E-state index contributed by atoms with van der Waals surface area (Å²) in [5.74, 6) is 1.63. The van der Waals surface area contributed by atoms with Gasteiger partial charge in [0.1, 0.15) is 17.6 Å². The second kappa shape index (κ2) is 7.70. The molecule has 120 valence electrons. The maximum absolute atomic E-state index is 9.37. The summed E-state index contributed by atoms with van der Waals surface area (Å²) in [6.07, 6.45) is 2.60. The van der Waals surface area contributed by atoms with Gasteiger partial charge in [0.25, 0.3) is 0 Å². The summed E-state index contributed by atoms with van der Waals surface area (Å²) in [4.78, 5) is 8.47. The Bertz CT molecular complexity index is 706. The molecule has 1 heterocycles. The lowest BCUT2D eigenvalue weighted by Crippen LogP contribution is -2.21. The minimum Gasteiger partial charge on any atom is -0.492 e. The second-order valence-corrected chi connectivity index (χ2v) is 5.94. The van der Waals surface area contributed by atoms with Crippen LogP contribution in [0.2, 0.25) is 0 Å². The number of benzene rings is 1. The van der Waals surface area contributed by atoms with Crippen molar-refractivity contribution in [1.29, 1.82) is 5.26 Å². The van der Waals surface area contributed by atoms with Crippen LogP contribution in [0.15, 0.2) is 30.5 Å². The number of ether oxygens (including phenoxy) is 1. The Morgan fingerprint density at radius 2 is 2.09 bits per heavy atom. The average molecular weight is 310 g/mol. The molecule has 2 N–H and O–H groups in total. The Morgan fingerprint density at radius 3 is 2.74 bits per heavy atom. The summed E-state index contributed by atoms with van der Waals surface area (Å²) in [7, 11) is 0. The molecule has 23 heavy (non-hydrogen) atoms. The smallest absolute Gasteiger partial charge is 0.137 e. The summed E-state index contributed by atoms with van der Waals surface area (Å²) in [5.41, 5.74) is 7.98. The predicted molar refractivity (Wildman–Crippen MR) is 89.8 cm³/mol. The summed E-state index contributed by atoms with van der Waals surface area (Å²) in [6, 6.07) is 9.70. The van der Waals surface area contributed by atoms with Crippen molar-refractivity contribution in [2.45, 2.75) is 33.2 Å². The highest BCUT2D eigenvalue weighted by Crippen LogP contribution is 2.25. The molecule has 0 saturated carbocycles. The van der Waals surface area contributed by atoms with Crippen molar-refractivity contribution in [3.63, 3.8) is 0 Å². The number of hydrogen-bond donors (Lipinski definition) is 1. The Hall–Kier alpha value is -2.45. The fourth-order valence-electron chi connectivity index (χ4n) is 2.45. The van der Waals surface area contributed by atoms with Crippen LogP contribution < -0.4 is 10.5 Å². The van der Waals surface area contributed by atoms with E-state index in [-0.39, 0.29) is 6.04 Å². The van der Waals surface area contributed by atoms with Crippen molar-refractivity contribution in [3.8, 4) is 23.1 Å². The predicted octanol–water partition coefficient (Wildman–Crippen LogP) is 3.08. The number of nitrogens with zero attached hydrogens (tertiary/aromatic N) is 3. The normalized spacial score (nSPS) is 13.2. The third-order valence-electron chi connectivity index (χ3n) is 3.47. The Labute approximate surface area is 137 Å². The molecule has 0 radical (unpaired) electrons. The fraction of sp³-hybridized carbons (Fsp3) is 0.389. The fourth-order valence-corrected chi connectivity index (χ4v) is 2.45. The van der Waals surface area contributed by atoms with Gasteiger partial charge in [0.05, 0.1) is 17.9 Å². The Kier molecular flexibility index (Phi) is 5.67. The molecule has 0 saturated heterocycles. The molecule has 2 rings (SSSR count). The molecule has 0 fully saturated rings. The first kappa shape index (κ1) is 16.9. The van der Waals surface area contributed by atoms with E-state index in [0.717, 1.165) is 17.7 Å². The van der Waals surface area contributed by atoms with Crippen molar-refractivity contribution in [2.24, 2.45) is 11.7 Å². The highest BCUT2D eigenvalue weighted by Gasteiger charge is 2.10. The van der Waals surface area contributed by atoms with Crippen molar-refractivity contribution in [3.05, 3.63) is 41.9 Å². The molecule has 0 amide bonds. The topological polar surface area (TPSA) is 84.8 Å². The number of aryl methyl sites for hydroxylation is 1. The summed E-state index contributed by atoms with van der Waals surface area (Å²) < 4.78 is 5.79. The van der Waals surface area contributed by atoms with Gasteiger partial charge >= 0.3 is 0 Å². The third-order valence-corrected chi connectivity index (χ3v) is 3.47. The van der Waals surface area contributed by atoms with Gasteiger partial charge in [-0.1, -0.05) is 6.92 Å². The lowest BCUT2D eigenvalue weighted by atomic mass is 10.0. The average Bonchev–Trinajstić information content (AvgIpc) is 2.52. The van der Waals surface area contributed by atoms with Crippen molar-refractivity contribution in [1.82, 2.24) is 9.97 Å². The minimum atomic E-state index is 0.146. The molecule has 1 aromatic heterocycles. The standard InChI is InChI=1S/C18H22N4O/c1-12(8-13(2)20)11-23-18-5-4-15(9-16(18)10-19)17-6-7-21-14(3)22-17/h4-7,9,12-13H,8,11,20H2,1-3H3. The van der Waals surface area contributed by atoms with Gasteiger partial charge in [0.15, 0.2) is 0 Å². The van der Waals surface area contributed by atoms with E-state index in [9.17, 15) is 5.26 Å². The molecule has 0 bridgehead atoms. The lowest BCUT2D eigenvalue weighted by Gasteiger charge is -2.16. The van der Waals surface area contributed by atoms with Gasteiger partial charge in [0, 0.05) is 17.8 Å². The molecular formula is C18H22N4O. The molecular weight excluding hydrogens is 288 g/mol. The van der Waals surface area contributed by atoms with Crippen molar-refractivity contribution < 1.29 is 4.74 Å². The van der Waals surface area contributed by atoms with Crippen LogP contribution in [0.4, 0.5) is 0 Å². The first-order valence-electron chi connectivity index (χ1n) is 7.72. The van der Waals surface area contributed by atoms with Crippen LogP contribution in [0.3, 0.4) is 0 Å². The number of rotatable bonds is 6. The highest BCUT2D eigenvalue weighted by molar-refractivity contribution is 5.63. The van der Waals surface area contributed by atoms with Gasteiger partial charge in [-0.15, -0.1) is 0 Å². The van der Waals surface area contributed by atoms with Crippen LogP contribution in [0.25, 0.3) is 11.3 Å². The van der Waals surface area contributed by atoms with Gasteiger partial charge in [-0.3, -0.25) is 0 Å². The van der Waals surface area contributed by atoms with Crippen LogP contribution in [0.5, 0.6) is 5.75 Å². The number of nitriles is 1. The molecule has 1 aromatic carbocycles. The molecule has 5 nitrogen and oxygen atoms in total. The van der Waals surface area contributed by atoms with Gasteiger partial charge in [0.2, 0.25) is 0 Å². The summed E-state index contributed by atoms with van der Waals surface area (Å²) in [5, 5.41) is 9.37. The largest absolute Gasteiger partial charge is 0.492 e. The first-order valence-corrected chi connectivity index (χ1v) is 7.72. The third kappa shape index (κ3) is 4.76. The van der Waals surface area contributed by atoms with Gasteiger partial charge in [-0.05, 0) is 50.5 Å². The van der Waals surface area contributed by atoms with Crippen LogP contribution in [0, 0.1) is 24.2 Å². The van der Waals surface area contributed by atoms with Crippen molar-refractivity contribution in [2.75, 3.05) is 6.61 Å². The SMILES string of the molecule is Cc1nccc(-c2ccc(OCC(C)CC(C)N)c(C#N)c2)n1. The zero-order valence-corrected chi connectivity index (χ0v) is 13.8. The monoisotopic (exact) mass is 310 g/mol. The van der Waals surface area contributed by atoms with E-state index in [0.29, 0.717) is 29.7 Å². The van der Waals surface area contributed by atoms with Gasteiger partial charge < -0.3 is 10.5 Å². The zero-order valence-electron chi connectivity index (χ0n) is 13.8. The minimum absolute atomic E-state index is 0.146. The van der Waals surface area contributed by atoms with E-state index < -0.39 is 0 Å². The maximum Gasteiger partial charge on any atom is 0.137 e. The Balaban J connectivity index is 2.16. The van der Waals surface area contributed by atoms with E-state index in [1.165, 1.54) is 0 Å². The van der Waals surface area contributed by atoms with E-state index >= 15 is 0 Å². The summed E-state index contributed by atoms with van der Waals surface area (Å²) in [6.45, 7) is 6.46. The van der Waals surface area contributed by atoms with Gasteiger partial charge in [-0.2, -0.15) is 5.26 Å². The zero-order chi connectivity index (χ0) is 16.8. The molecule has 2 atom stereocenters. The molecule has 0 aliphatic heterocycles. The maximum atomic E-state index is 9.37. The number of nitrogens with two attached hydrogens (primary N) is 1. The van der Waals surface area contributed by atoms with E-state index in [4.69, 9.17) is 10.5 Å². The number of aromatic nitrogens is 2. The molecule has 5 heteroatoms. The van der Waals surface area contributed by atoms with E-state index in [1.54, 1.807) is 12.3 Å².